The van der Waals surface area contributed by atoms with Gasteiger partial charge in [-0.25, -0.2) is 9.29 Å². The fourth-order valence-corrected chi connectivity index (χ4v) is 5.54. The molecule has 0 saturated heterocycles. The number of benzene rings is 2. The van der Waals surface area contributed by atoms with E-state index in [2.05, 4.69) is 53.7 Å². The molecular formula is C28H40N4O3S2. The third-order valence-electron chi connectivity index (χ3n) is 5.10. The first-order valence-corrected chi connectivity index (χ1v) is 14.4. The number of nitrogens with zero attached hydrogens (tertiary/aromatic N) is 2. The zero-order chi connectivity index (χ0) is 27.2. The number of hydrogen-bond acceptors (Lipinski definition) is 7. The predicted octanol–water partition coefficient (Wildman–Crippen LogP) is 4.90. The Labute approximate surface area is 229 Å². The lowest BCUT2D eigenvalue weighted by atomic mass is 10.0. The van der Waals surface area contributed by atoms with Gasteiger partial charge in [0.15, 0.2) is 0 Å². The molecule has 0 saturated carbocycles. The topological polar surface area (TPSA) is 94.6 Å². The van der Waals surface area contributed by atoms with E-state index >= 15 is 0 Å². The number of aliphatic hydroxyl groups is 1. The number of thiazole rings is 1. The maximum atomic E-state index is 12.4. The van der Waals surface area contributed by atoms with Crippen molar-refractivity contribution < 1.29 is 14.7 Å². The Kier molecular flexibility index (Phi) is 13.6. The van der Waals surface area contributed by atoms with Crippen LogP contribution in [0.4, 0.5) is 0 Å². The molecule has 3 N–H and O–H groups in total. The Morgan fingerprint density at radius 2 is 1.81 bits per heavy atom. The Morgan fingerprint density at radius 3 is 2.46 bits per heavy atom. The third-order valence-corrected chi connectivity index (χ3v) is 6.92. The van der Waals surface area contributed by atoms with Gasteiger partial charge in [-0.2, -0.15) is 0 Å². The molecule has 2 amide bonds. The van der Waals surface area contributed by atoms with Crippen LogP contribution in [0.1, 0.15) is 46.6 Å². The lowest BCUT2D eigenvalue weighted by Gasteiger charge is -2.30. The van der Waals surface area contributed by atoms with Crippen LogP contribution in [0.2, 0.25) is 0 Å². The molecule has 0 fully saturated rings. The summed E-state index contributed by atoms with van der Waals surface area (Å²) in [4.78, 5) is 29.1. The highest BCUT2D eigenvalue weighted by Crippen LogP contribution is 2.29. The van der Waals surface area contributed by atoms with Crippen molar-refractivity contribution in [1.82, 2.24) is 19.9 Å². The molecule has 2 atom stereocenters. The standard InChI is InChI=1S/C25H32N4O3S2.C3H8/c1-17(2)14-29(34-20-9-10-21-24(12-20)33-16-27-21)15-23(31)22(11-19-7-5-4-6-8-19)28-25(32)13-26-18(3)30;1-3-2/h4-10,12,16-17,22-23,31H,11,13-15H2,1-3H3,(H,26,30)(H,28,32);3H2,1-2H3. The monoisotopic (exact) mass is 544 g/mol. The van der Waals surface area contributed by atoms with Gasteiger partial charge >= 0.3 is 0 Å². The highest BCUT2D eigenvalue weighted by molar-refractivity contribution is 7.97. The molecule has 0 aliphatic carbocycles. The number of carbonyl (C=O) groups excluding carboxylic acids is 2. The van der Waals surface area contributed by atoms with Gasteiger partial charge in [0.2, 0.25) is 11.8 Å². The highest BCUT2D eigenvalue weighted by Gasteiger charge is 2.25. The first kappa shape index (κ1) is 30.8. The summed E-state index contributed by atoms with van der Waals surface area (Å²) in [5, 5.41) is 16.7. The van der Waals surface area contributed by atoms with Crippen LogP contribution in [0.25, 0.3) is 10.2 Å². The molecule has 2 unspecified atom stereocenters. The summed E-state index contributed by atoms with van der Waals surface area (Å²) in [6, 6.07) is 15.4. The minimum absolute atomic E-state index is 0.118. The average Bonchev–Trinajstić information content (AvgIpc) is 3.31. The van der Waals surface area contributed by atoms with Crippen LogP contribution in [0.3, 0.4) is 0 Å². The van der Waals surface area contributed by atoms with Crippen LogP contribution >= 0.6 is 23.3 Å². The zero-order valence-corrected chi connectivity index (χ0v) is 24.1. The van der Waals surface area contributed by atoms with E-state index in [9.17, 15) is 14.7 Å². The van der Waals surface area contributed by atoms with Crippen LogP contribution in [0.15, 0.2) is 58.9 Å². The van der Waals surface area contributed by atoms with E-state index in [1.54, 1.807) is 23.3 Å². The van der Waals surface area contributed by atoms with Gasteiger partial charge in [-0.05, 0) is 48.0 Å². The molecule has 0 aliphatic heterocycles. The summed E-state index contributed by atoms with van der Waals surface area (Å²) in [7, 11) is 0. The minimum Gasteiger partial charge on any atom is -0.390 e. The number of rotatable bonds is 12. The van der Waals surface area contributed by atoms with Gasteiger partial charge in [0.25, 0.3) is 0 Å². The number of carbonyl (C=O) groups is 2. The van der Waals surface area contributed by atoms with Crippen molar-refractivity contribution >= 4 is 45.3 Å². The van der Waals surface area contributed by atoms with E-state index in [1.807, 2.05) is 48.0 Å². The number of aliphatic hydroxyl groups excluding tert-OH is 1. The Hall–Kier alpha value is -2.46. The Morgan fingerprint density at radius 1 is 1.11 bits per heavy atom. The molecule has 3 aromatic rings. The maximum Gasteiger partial charge on any atom is 0.239 e. The van der Waals surface area contributed by atoms with E-state index in [-0.39, 0.29) is 18.4 Å². The number of nitrogens with one attached hydrogen (secondary N) is 2. The average molecular weight is 545 g/mol. The van der Waals surface area contributed by atoms with Crippen molar-refractivity contribution in [3.63, 3.8) is 0 Å². The van der Waals surface area contributed by atoms with Crippen molar-refractivity contribution in [2.75, 3.05) is 19.6 Å². The third kappa shape index (κ3) is 11.6. The van der Waals surface area contributed by atoms with Crippen molar-refractivity contribution in [2.45, 2.75) is 64.5 Å². The molecule has 0 aliphatic rings. The Bertz CT molecular complexity index is 1090. The van der Waals surface area contributed by atoms with Gasteiger partial charge in [-0.1, -0.05) is 64.4 Å². The molecule has 0 radical (unpaired) electrons. The first-order valence-electron chi connectivity index (χ1n) is 12.7. The van der Waals surface area contributed by atoms with Crippen molar-refractivity contribution in [3.8, 4) is 0 Å². The number of aromatic nitrogens is 1. The molecule has 9 heteroatoms. The lowest BCUT2D eigenvalue weighted by Crippen LogP contribution is -2.51. The molecule has 2 aromatic carbocycles. The van der Waals surface area contributed by atoms with Crippen molar-refractivity contribution in [3.05, 3.63) is 59.6 Å². The molecule has 3 rings (SSSR count). The summed E-state index contributed by atoms with van der Waals surface area (Å²) in [5.74, 6) is -0.199. The lowest BCUT2D eigenvalue weighted by molar-refractivity contribution is -0.126. The highest BCUT2D eigenvalue weighted by atomic mass is 32.2. The molecule has 7 nitrogen and oxygen atoms in total. The summed E-state index contributed by atoms with van der Waals surface area (Å²) < 4.78 is 3.28. The van der Waals surface area contributed by atoms with Gasteiger partial charge in [0, 0.05) is 24.9 Å². The maximum absolute atomic E-state index is 12.4. The first-order chi connectivity index (χ1) is 17.7. The number of hydrogen-bond donors (Lipinski definition) is 3. The molecule has 1 aromatic heterocycles. The van der Waals surface area contributed by atoms with Gasteiger partial charge in [0.05, 0.1) is 34.4 Å². The molecule has 1 heterocycles. The smallest absolute Gasteiger partial charge is 0.239 e. The predicted molar refractivity (Wildman–Crippen MR) is 155 cm³/mol. The molecular weight excluding hydrogens is 504 g/mol. The molecule has 0 bridgehead atoms. The van der Waals surface area contributed by atoms with Crippen molar-refractivity contribution in [2.24, 2.45) is 5.92 Å². The van der Waals surface area contributed by atoms with Crippen LogP contribution in [-0.2, 0) is 16.0 Å². The molecule has 0 spiro atoms. The van der Waals surface area contributed by atoms with Crippen LogP contribution in [0.5, 0.6) is 0 Å². The van der Waals surface area contributed by atoms with Crippen LogP contribution in [0, 0.1) is 5.92 Å². The van der Waals surface area contributed by atoms with Gasteiger partial charge in [0.1, 0.15) is 0 Å². The Balaban J connectivity index is 0.00000153. The summed E-state index contributed by atoms with van der Waals surface area (Å²) in [6.07, 6.45) is 0.931. The summed E-state index contributed by atoms with van der Waals surface area (Å²) in [6.45, 7) is 10.9. The van der Waals surface area contributed by atoms with E-state index in [4.69, 9.17) is 0 Å². The van der Waals surface area contributed by atoms with Crippen molar-refractivity contribution in [1.29, 1.82) is 0 Å². The quantitative estimate of drug-likeness (QED) is 0.281. The normalized spacial score (nSPS) is 12.6. The fraction of sp³-hybridized carbons (Fsp3) is 0.464. The second-order valence-electron chi connectivity index (χ2n) is 9.36. The second-order valence-corrected chi connectivity index (χ2v) is 11.4. The van der Waals surface area contributed by atoms with Crippen LogP contribution < -0.4 is 10.6 Å². The van der Waals surface area contributed by atoms with E-state index in [0.717, 1.165) is 27.2 Å². The number of amides is 2. The van der Waals surface area contributed by atoms with E-state index < -0.39 is 12.1 Å². The summed E-state index contributed by atoms with van der Waals surface area (Å²) >= 11 is 3.21. The van der Waals surface area contributed by atoms with E-state index in [0.29, 0.717) is 18.9 Å². The molecule has 202 valence electrons. The van der Waals surface area contributed by atoms with Gasteiger partial charge < -0.3 is 15.7 Å². The fourth-order valence-electron chi connectivity index (χ4n) is 3.55. The van der Waals surface area contributed by atoms with Gasteiger partial charge in [-0.15, -0.1) is 11.3 Å². The minimum atomic E-state index is -0.806. The van der Waals surface area contributed by atoms with E-state index in [1.165, 1.54) is 13.3 Å². The zero-order valence-electron chi connectivity index (χ0n) is 22.4. The largest absolute Gasteiger partial charge is 0.390 e. The number of fused-ring (bicyclic) bond motifs is 1. The summed E-state index contributed by atoms with van der Waals surface area (Å²) in [5.41, 5.74) is 3.84. The second kappa shape index (κ2) is 16.4. The van der Waals surface area contributed by atoms with Crippen LogP contribution in [-0.4, -0.2) is 58.0 Å². The molecule has 37 heavy (non-hydrogen) atoms. The van der Waals surface area contributed by atoms with Gasteiger partial charge in [-0.3, -0.25) is 9.59 Å². The SMILES string of the molecule is CC(=O)NCC(=O)NC(Cc1ccccc1)C(O)CN(CC(C)C)Sc1ccc2ncsc2c1.CCC.